The Kier molecular flexibility index (Phi) is 4.23. The molecule has 2 aromatic rings. The van der Waals surface area contributed by atoms with Crippen molar-refractivity contribution in [2.45, 2.75) is 0 Å². The summed E-state index contributed by atoms with van der Waals surface area (Å²) in [6.07, 6.45) is 0. The topological polar surface area (TPSA) is 72.8 Å². The minimum atomic E-state index is -0.611. The lowest BCUT2D eigenvalue weighted by molar-refractivity contribution is 0.0590. The van der Waals surface area contributed by atoms with E-state index in [1.54, 1.807) is 30.3 Å². The molecule has 2 aromatic carbocycles. The van der Waals surface area contributed by atoms with E-state index in [0.29, 0.717) is 5.56 Å². The van der Waals surface area contributed by atoms with E-state index in [-0.39, 0.29) is 11.3 Å². The van der Waals surface area contributed by atoms with Gasteiger partial charge in [0.25, 0.3) is 0 Å². The summed E-state index contributed by atoms with van der Waals surface area (Å²) in [4.78, 5) is 22.9. The van der Waals surface area contributed by atoms with E-state index in [1.165, 1.54) is 26.4 Å². The summed E-state index contributed by atoms with van der Waals surface area (Å²) in [7, 11) is 2.57. The van der Waals surface area contributed by atoms with Crippen LogP contribution in [0.3, 0.4) is 0 Å². The van der Waals surface area contributed by atoms with Gasteiger partial charge in [0, 0.05) is 0 Å². The van der Waals surface area contributed by atoms with Crippen molar-refractivity contribution >= 4 is 11.9 Å². The van der Waals surface area contributed by atoms with Gasteiger partial charge in [0.2, 0.25) is 0 Å². The van der Waals surface area contributed by atoms with E-state index in [9.17, 15) is 14.7 Å². The summed E-state index contributed by atoms with van der Waals surface area (Å²) in [5.41, 5.74) is 2.05. The molecular formula is C16H14O5. The molecule has 0 aliphatic carbocycles. The van der Waals surface area contributed by atoms with E-state index in [4.69, 9.17) is 0 Å². The highest BCUT2D eigenvalue weighted by Gasteiger charge is 2.13. The number of hydrogen-bond acceptors (Lipinski definition) is 5. The number of carbonyl (C=O) groups excluding carboxylic acids is 2. The first-order chi connectivity index (χ1) is 10.1. The van der Waals surface area contributed by atoms with Crippen molar-refractivity contribution in [3.8, 4) is 16.9 Å². The van der Waals surface area contributed by atoms with Crippen molar-refractivity contribution in [2.24, 2.45) is 0 Å². The zero-order chi connectivity index (χ0) is 15.4. The lowest BCUT2D eigenvalue weighted by atomic mass is 10.0. The second-order valence-corrected chi connectivity index (χ2v) is 4.29. The Morgan fingerprint density at radius 1 is 0.857 bits per heavy atom. The number of phenolic OH excluding ortho intramolecular Hbond substituents is 1. The second-order valence-electron chi connectivity index (χ2n) is 4.29. The fourth-order valence-electron chi connectivity index (χ4n) is 1.91. The molecule has 21 heavy (non-hydrogen) atoms. The van der Waals surface area contributed by atoms with Crippen molar-refractivity contribution in [1.29, 1.82) is 0 Å². The maximum absolute atomic E-state index is 11.6. The first-order valence-corrected chi connectivity index (χ1v) is 6.17. The summed E-state index contributed by atoms with van der Waals surface area (Å²) >= 11 is 0. The molecule has 0 saturated carbocycles. The molecular weight excluding hydrogens is 272 g/mol. The van der Waals surface area contributed by atoms with Gasteiger partial charge in [0.1, 0.15) is 11.3 Å². The van der Waals surface area contributed by atoms with E-state index >= 15 is 0 Å². The van der Waals surface area contributed by atoms with Gasteiger partial charge in [-0.1, -0.05) is 18.2 Å². The van der Waals surface area contributed by atoms with Gasteiger partial charge in [-0.05, 0) is 35.4 Å². The summed E-state index contributed by atoms with van der Waals surface area (Å²) < 4.78 is 9.24. The summed E-state index contributed by atoms with van der Waals surface area (Å²) in [6, 6.07) is 11.4. The molecule has 2 rings (SSSR count). The van der Waals surface area contributed by atoms with Gasteiger partial charge in [0.05, 0.1) is 19.8 Å². The number of phenols is 1. The van der Waals surface area contributed by atoms with Gasteiger partial charge < -0.3 is 14.6 Å². The third-order valence-corrected chi connectivity index (χ3v) is 3.04. The predicted octanol–water partition coefficient (Wildman–Crippen LogP) is 2.63. The maximum atomic E-state index is 11.6. The molecule has 0 aliphatic heterocycles. The van der Waals surface area contributed by atoms with E-state index in [1.807, 2.05) is 0 Å². The van der Waals surface area contributed by atoms with E-state index < -0.39 is 11.9 Å². The fraction of sp³-hybridized carbons (Fsp3) is 0.125. The van der Waals surface area contributed by atoms with Crippen LogP contribution in [0.15, 0.2) is 42.5 Å². The Labute approximate surface area is 121 Å². The van der Waals surface area contributed by atoms with Crippen molar-refractivity contribution in [3.63, 3.8) is 0 Å². The van der Waals surface area contributed by atoms with Gasteiger partial charge in [-0.3, -0.25) is 0 Å². The normalized spacial score (nSPS) is 10.0. The molecule has 5 nitrogen and oxygen atoms in total. The zero-order valence-corrected chi connectivity index (χ0v) is 11.6. The van der Waals surface area contributed by atoms with Crippen LogP contribution in [0.2, 0.25) is 0 Å². The Morgan fingerprint density at radius 3 is 2.00 bits per heavy atom. The molecule has 1 N–H and O–H groups in total. The molecule has 0 radical (unpaired) electrons. The Balaban J connectivity index is 2.38. The van der Waals surface area contributed by atoms with Gasteiger partial charge in [-0.15, -0.1) is 0 Å². The minimum Gasteiger partial charge on any atom is -0.507 e. The Bertz CT molecular complexity index is 674. The van der Waals surface area contributed by atoms with Crippen LogP contribution in [0.25, 0.3) is 11.1 Å². The average molecular weight is 286 g/mol. The zero-order valence-electron chi connectivity index (χ0n) is 11.6. The molecule has 0 bridgehead atoms. The molecule has 0 aliphatic rings. The van der Waals surface area contributed by atoms with Gasteiger partial charge in [0.15, 0.2) is 0 Å². The molecule has 0 amide bonds. The lowest BCUT2D eigenvalue weighted by Crippen LogP contribution is -2.02. The molecule has 0 heterocycles. The van der Waals surface area contributed by atoms with Crippen molar-refractivity contribution in [3.05, 3.63) is 53.6 Å². The minimum absolute atomic E-state index is 0.0899. The highest BCUT2D eigenvalue weighted by Crippen LogP contribution is 2.26. The molecule has 0 atom stereocenters. The number of esters is 2. The second kappa shape index (κ2) is 6.09. The Hall–Kier alpha value is -2.82. The van der Waals surface area contributed by atoms with Crippen LogP contribution in [-0.2, 0) is 9.47 Å². The van der Waals surface area contributed by atoms with Crippen LogP contribution in [0, 0.1) is 0 Å². The quantitative estimate of drug-likeness (QED) is 0.878. The van der Waals surface area contributed by atoms with Crippen LogP contribution in [0.1, 0.15) is 20.7 Å². The van der Waals surface area contributed by atoms with Gasteiger partial charge in [-0.2, -0.15) is 0 Å². The summed E-state index contributed by atoms with van der Waals surface area (Å²) in [6.45, 7) is 0. The number of rotatable bonds is 3. The number of ether oxygens (including phenoxy) is 2. The number of benzene rings is 2. The van der Waals surface area contributed by atoms with Crippen molar-refractivity contribution in [2.75, 3.05) is 14.2 Å². The van der Waals surface area contributed by atoms with Crippen molar-refractivity contribution in [1.82, 2.24) is 0 Å². The Morgan fingerprint density at radius 2 is 1.43 bits per heavy atom. The molecule has 0 fully saturated rings. The number of carbonyl (C=O) groups is 2. The van der Waals surface area contributed by atoms with Crippen LogP contribution >= 0.6 is 0 Å². The smallest absolute Gasteiger partial charge is 0.341 e. The largest absolute Gasteiger partial charge is 0.507 e. The molecule has 0 aromatic heterocycles. The summed E-state index contributed by atoms with van der Waals surface area (Å²) in [5, 5.41) is 9.67. The van der Waals surface area contributed by atoms with Crippen molar-refractivity contribution < 1.29 is 24.2 Å². The first kappa shape index (κ1) is 14.6. The molecule has 0 saturated heterocycles. The van der Waals surface area contributed by atoms with Crippen LogP contribution in [0.5, 0.6) is 5.75 Å². The lowest BCUT2D eigenvalue weighted by Gasteiger charge is -2.07. The third-order valence-electron chi connectivity index (χ3n) is 3.04. The fourth-order valence-corrected chi connectivity index (χ4v) is 1.91. The van der Waals surface area contributed by atoms with Crippen LogP contribution < -0.4 is 0 Å². The van der Waals surface area contributed by atoms with E-state index in [0.717, 1.165) is 11.1 Å². The molecule has 108 valence electrons. The number of hydrogen-bond donors (Lipinski definition) is 1. The van der Waals surface area contributed by atoms with Crippen LogP contribution in [0.4, 0.5) is 0 Å². The third kappa shape index (κ3) is 3.02. The first-order valence-electron chi connectivity index (χ1n) is 6.17. The molecule has 5 heteroatoms. The highest BCUT2D eigenvalue weighted by molar-refractivity contribution is 5.94. The predicted molar refractivity (Wildman–Crippen MR) is 76.2 cm³/mol. The molecule has 0 unspecified atom stereocenters. The van der Waals surface area contributed by atoms with Crippen LogP contribution in [-0.4, -0.2) is 31.3 Å². The number of methoxy groups -OCH3 is 2. The number of aromatic hydroxyl groups is 1. The highest BCUT2D eigenvalue weighted by atomic mass is 16.5. The SMILES string of the molecule is COC(=O)c1ccc(-c2ccc(O)c(C(=O)OC)c2)cc1. The standard InChI is InChI=1S/C16H14O5/c1-20-15(18)11-5-3-10(4-6-11)12-7-8-14(17)13(9-12)16(19)21-2/h3-9,17H,1-2H3. The average Bonchev–Trinajstić information content (AvgIpc) is 2.54. The monoisotopic (exact) mass is 286 g/mol. The van der Waals surface area contributed by atoms with Gasteiger partial charge >= 0.3 is 11.9 Å². The summed E-state index contributed by atoms with van der Waals surface area (Å²) in [5.74, 6) is -1.17. The maximum Gasteiger partial charge on any atom is 0.341 e. The molecule has 0 spiro atoms. The van der Waals surface area contributed by atoms with Gasteiger partial charge in [-0.25, -0.2) is 9.59 Å². The van der Waals surface area contributed by atoms with E-state index in [2.05, 4.69) is 9.47 Å².